The third-order valence-corrected chi connectivity index (χ3v) is 3.49. The quantitative estimate of drug-likeness (QED) is 0.546. The summed E-state index contributed by atoms with van der Waals surface area (Å²) in [5.74, 6) is 5.33. The van der Waals surface area contributed by atoms with E-state index in [4.69, 9.17) is 5.84 Å². The Hall–Kier alpha value is -1.66. The first-order valence-electron chi connectivity index (χ1n) is 6.53. The molecular formula is C13H21N5O. The molecule has 1 amide bonds. The average Bonchev–Trinajstić information content (AvgIpc) is 2.41. The van der Waals surface area contributed by atoms with E-state index in [0.717, 1.165) is 31.6 Å². The molecule has 0 aromatic carbocycles. The number of nitrogens with two attached hydrogens (primary N) is 1. The first kappa shape index (κ1) is 13.8. The molecule has 1 aliphatic rings. The second kappa shape index (κ2) is 5.99. The van der Waals surface area contributed by atoms with Gasteiger partial charge in [0.2, 0.25) is 0 Å². The van der Waals surface area contributed by atoms with Gasteiger partial charge in [-0.15, -0.1) is 0 Å². The second-order valence-electron chi connectivity index (χ2n) is 5.07. The number of anilines is 1. The van der Waals surface area contributed by atoms with Gasteiger partial charge in [0.05, 0.1) is 11.3 Å². The third kappa shape index (κ3) is 3.42. The number of aryl methyl sites for hydroxylation is 1. The van der Waals surface area contributed by atoms with Crippen molar-refractivity contribution in [3.8, 4) is 0 Å². The van der Waals surface area contributed by atoms with Crippen molar-refractivity contribution >= 4 is 11.6 Å². The molecule has 0 radical (unpaired) electrons. The lowest BCUT2D eigenvalue weighted by Gasteiger charge is -2.29. The summed E-state index contributed by atoms with van der Waals surface area (Å²) in [7, 11) is 2.10. The number of carbonyl (C=O) groups is 1. The van der Waals surface area contributed by atoms with Gasteiger partial charge < -0.3 is 15.6 Å². The van der Waals surface area contributed by atoms with E-state index >= 15 is 0 Å². The monoisotopic (exact) mass is 263 g/mol. The van der Waals surface area contributed by atoms with E-state index in [1.54, 1.807) is 12.3 Å². The van der Waals surface area contributed by atoms with E-state index in [1.807, 2.05) is 6.92 Å². The molecule has 6 heteroatoms. The Labute approximate surface area is 113 Å². The van der Waals surface area contributed by atoms with Crippen LogP contribution in [0, 0.1) is 6.92 Å². The van der Waals surface area contributed by atoms with Crippen molar-refractivity contribution in [3.63, 3.8) is 0 Å². The lowest BCUT2D eigenvalue weighted by molar-refractivity contribution is 0.0917. The SMILES string of the molecule is Cc1cc(NN)c(C(=O)NC2CCN(C)CC2)cn1. The molecule has 1 fully saturated rings. The topological polar surface area (TPSA) is 83.3 Å². The molecule has 104 valence electrons. The van der Waals surface area contributed by atoms with Gasteiger partial charge in [0.15, 0.2) is 0 Å². The van der Waals surface area contributed by atoms with Crippen molar-refractivity contribution in [1.29, 1.82) is 0 Å². The molecule has 6 nitrogen and oxygen atoms in total. The van der Waals surface area contributed by atoms with Gasteiger partial charge in [0.25, 0.3) is 5.91 Å². The van der Waals surface area contributed by atoms with Crippen LogP contribution in [0.1, 0.15) is 28.9 Å². The highest BCUT2D eigenvalue weighted by Gasteiger charge is 2.20. The van der Waals surface area contributed by atoms with Crippen molar-refractivity contribution in [2.24, 2.45) is 5.84 Å². The van der Waals surface area contributed by atoms with E-state index in [2.05, 4.69) is 27.7 Å². The van der Waals surface area contributed by atoms with E-state index in [0.29, 0.717) is 11.3 Å². The number of hydrogen-bond donors (Lipinski definition) is 3. The maximum absolute atomic E-state index is 12.2. The minimum atomic E-state index is -0.116. The normalized spacial score (nSPS) is 17.2. The van der Waals surface area contributed by atoms with E-state index < -0.39 is 0 Å². The number of carbonyl (C=O) groups excluding carboxylic acids is 1. The molecule has 0 spiro atoms. The molecule has 0 bridgehead atoms. The van der Waals surface area contributed by atoms with Gasteiger partial charge in [-0.25, -0.2) is 0 Å². The second-order valence-corrected chi connectivity index (χ2v) is 5.07. The summed E-state index contributed by atoms with van der Waals surface area (Å²) >= 11 is 0. The predicted molar refractivity (Wildman–Crippen MR) is 74.8 cm³/mol. The molecule has 1 aliphatic heterocycles. The molecule has 19 heavy (non-hydrogen) atoms. The van der Waals surface area contributed by atoms with Crippen molar-refractivity contribution in [1.82, 2.24) is 15.2 Å². The number of piperidine rings is 1. The van der Waals surface area contributed by atoms with Gasteiger partial charge in [0, 0.05) is 17.9 Å². The number of aromatic nitrogens is 1. The molecule has 1 saturated heterocycles. The molecule has 4 N–H and O–H groups in total. The van der Waals surface area contributed by atoms with E-state index in [1.165, 1.54) is 0 Å². The Morgan fingerprint density at radius 1 is 1.47 bits per heavy atom. The van der Waals surface area contributed by atoms with Crippen LogP contribution in [0.15, 0.2) is 12.3 Å². The Bertz CT molecular complexity index is 454. The summed E-state index contributed by atoms with van der Waals surface area (Å²) in [4.78, 5) is 18.6. The zero-order valence-corrected chi connectivity index (χ0v) is 11.4. The summed E-state index contributed by atoms with van der Waals surface area (Å²) in [5.41, 5.74) is 4.48. The van der Waals surface area contributed by atoms with Crippen LogP contribution in [0.5, 0.6) is 0 Å². The molecule has 2 heterocycles. The lowest BCUT2D eigenvalue weighted by atomic mass is 10.0. The summed E-state index contributed by atoms with van der Waals surface area (Å²) in [6.45, 7) is 3.89. The Kier molecular flexibility index (Phi) is 4.34. The van der Waals surface area contributed by atoms with Crippen molar-refractivity contribution in [2.75, 3.05) is 25.6 Å². The number of amides is 1. The Balaban J connectivity index is 2.03. The van der Waals surface area contributed by atoms with Gasteiger partial charge in [-0.3, -0.25) is 15.6 Å². The number of rotatable bonds is 3. The smallest absolute Gasteiger partial charge is 0.255 e. The van der Waals surface area contributed by atoms with Crippen molar-refractivity contribution in [2.45, 2.75) is 25.8 Å². The van der Waals surface area contributed by atoms with Crippen LogP contribution >= 0.6 is 0 Å². The van der Waals surface area contributed by atoms with Gasteiger partial charge in [0.1, 0.15) is 0 Å². The summed E-state index contributed by atoms with van der Waals surface area (Å²) in [6, 6.07) is 2.00. The fourth-order valence-corrected chi connectivity index (χ4v) is 2.28. The molecule has 0 aliphatic carbocycles. The number of hydrazine groups is 1. The number of likely N-dealkylation sites (tertiary alicyclic amines) is 1. The first-order chi connectivity index (χ1) is 9.10. The fraction of sp³-hybridized carbons (Fsp3) is 0.538. The fourth-order valence-electron chi connectivity index (χ4n) is 2.28. The highest BCUT2D eigenvalue weighted by molar-refractivity contribution is 5.99. The standard InChI is InChI=1S/C13H21N5O/c1-9-7-12(17-14)11(8-15-9)13(19)16-10-3-5-18(2)6-4-10/h7-8,10H,3-6,14H2,1-2H3,(H,15,17)(H,16,19). The third-order valence-electron chi connectivity index (χ3n) is 3.49. The van der Waals surface area contributed by atoms with Crippen LogP contribution in [0.3, 0.4) is 0 Å². The maximum Gasteiger partial charge on any atom is 0.255 e. The Morgan fingerprint density at radius 3 is 2.79 bits per heavy atom. The van der Waals surface area contributed by atoms with Gasteiger partial charge >= 0.3 is 0 Å². The van der Waals surface area contributed by atoms with Crippen LogP contribution in [-0.4, -0.2) is 42.0 Å². The highest BCUT2D eigenvalue weighted by Crippen LogP contribution is 2.16. The van der Waals surface area contributed by atoms with Gasteiger partial charge in [-0.05, 0) is 46.0 Å². The summed E-state index contributed by atoms with van der Waals surface area (Å²) in [5, 5.41) is 3.05. The van der Waals surface area contributed by atoms with Crippen LogP contribution in [0.2, 0.25) is 0 Å². The molecule has 0 atom stereocenters. The molecule has 2 rings (SSSR count). The maximum atomic E-state index is 12.2. The van der Waals surface area contributed by atoms with Crippen molar-refractivity contribution < 1.29 is 4.79 Å². The first-order valence-corrected chi connectivity index (χ1v) is 6.53. The van der Waals surface area contributed by atoms with Gasteiger partial charge in [-0.1, -0.05) is 0 Å². The zero-order valence-electron chi connectivity index (χ0n) is 11.4. The molecule has 0 unspecified atom stereocenters. The summed E-state index contributed by atoms with van der Waals surface area (Å²) < 4.78 is 0. The number of nitrogen functional groups attached to an aromatic ring is 1. The van der Waals surface area contributed by atoms with Crippen LogP contribution < -0.4 is 16.6 Å². The molecular weight excluding hydrogens is 242 g/mol. The van der Waals surface area contributed by atoms with Gasteiger partial charge in [-0.2, -0.15) is 0 Å². The lowest BCUT2D eigenvalue weighted by Crippen LogP contribution is -2.43. The largest absolute Gasteiger partial charge is 0.349 e. The number of pyridine rings is 1. The number of nitrogens with zero attached hydrogens (tertiary/aromatic N) is 2. The molecule has 1 aromatic rings. The van der Waals surface area contributed by atoms with E-state index in [-0.39, 0.29) is 11.9 Å². The summed E-state index contributed by atoms with van der Waals surface area (Å²) in [6.07, 6.45) is 3.52. The van der Waals surface area contributed by atoms with E-state index in [9.17, 15) is 4.79 Å². The van der Waals surface area contributed by atoms with Crippen LogP contribution in [0.4, 0.5) is 5.69 Å². The predicted octanol–water partition coefficient (Wildman–Crippen LogP) is 0.500. The van der Waals surface area contributed by atoms with Crippen LogP contribution in [0.25, 0.3) is 0 Å². The Morgan fingerprint density at radius 2 is 2.16 bits per heavy atom. The molecule has 1 aromatic heterocycles. The number of hydrogen-bond acceptors (Lipinski definition) is 5. The minimum Gasteiger partial charge on any atom is -0.349 e. The number of nitrogens with one attached hydrogen (secondary N) is 2. The minimum absolute atomic E-state index is 0.116. The highest BCUT2D eigenvalue weighted by atomic mass is 16.1. The van der Waals surface area contributed by atoms with Crippen LogP contribution in [-0.2, 0) is 0 Å². The van der Waals surface area contributed by atoms with Crippen molar-refractivity contribution in [3.05, 3.63) is 23.5 Å². The zero-order chi connectivity index (χ0) is 13.8. The average molecular weight is 263 g/mol. The molecule has 0 saturated carbocycles.